The van der Waals surface area contributed by atoms with Crippen molar-refractivity contribution in [1.29, 1.82) is 0 Å². The number of nitrogens with two attached hydrogens (primary N) is 2. The van der Waals surface area contributed by atoms with Crippen LogP contribution in [0.25, 0.3) is 0 Å². The molecule has 3 nitrogen and oxygen atoms in total. The van der Waals surface area contributed by atoms with Crippen LogP contribution in [0.5, 0.6) is 0 Å². The molecule has 0 saturated carbocycles. The topological polar surface area (TPSA) is 64.1 Å². The molecule has 0 aliphatic carbocycles. The van der Waals surface area contributed by atoms with Gasteiger partial charge in [0.2, 0.25) is 0 Å². The Kier molecular flexibility index (Phi) is 2.06. The first kappa shape index (κ1) is 7.28. The zero-order valence-corrected chi connectivity index (χ0v) is 6.28. The molecule has 0 amide bonds. The normalized spacial score (nSPS) is 19.5. The summed E-state index contributed by atoms with van der Waals surface area (Å²) in [5.74, 6) is 0.684. The van der Waals surface area contributed by atoms with E-state index in [2.05, 4.69) is 5.32 Å². The summed E-state index contributed by atoms with van der Waals surface area (Å²) in [7, 11) is 0. The van der Waals surface area contributed by atoms with Gasteiger partial charge < -0.3 is 16.8 Å². The van der Waals surface area contributed by atoms with Crippen LogP contribution in [0.1, 0.15) is 6.42 Å². The highest BCUT2D eigenvalue weighted by atomic mass is 35.5. The van der Waals surface area contributed by atoms with E-state index < -0.39 is 0 Å². The lowest BCUT2D eigenvalue weighted by molar-refractivity contribution is 0.864. The minimum Gasteiger partial charge on any atom is -0.389 e. The number of allylic oxidation sites excluding steroid dienone is 1. The predicted octanol–water partition coefficient (Wildman–Crippen LogP) is 0.189. The van der Waals surface area contributed by atoms with E-state index in [-0.39, 0.29) is 5.16 Å². The Hall–Kier alpha value is -0.830. The first-order valence-corrected chi connectivity index (χ1v) is 3.43. The van der Waals surface area contributed by atoms with Gasteiger partial charge in [-0.2, -0.15) is 0 Å². The molecule has 1 rings (SSSR count). The van der Waals surface area contributed by atoms with Gasteiger partial charge in [-0.3, -0.25) is 0 Å². The van der Waals surface area contributed by atoms with Gasteiger partial charge in [-0.15, -0.1) is 0 Å². The van der Waals surface area contributed by atoms with E-state index in [0.29, 0.717) is 5.82 Å². The van der Waals surface area contributed by atoms with Crippen LogP contribution in [-0.2, 0) is 0 Å². The monoisotopic (exact) mass is 159 g/mol. The Morgan fingerprint density at radius 2 is 2.40 bits per heavy atom. The lowest BCUT2D eigenvalue weighted by Crippen LogP contribution is -2.14. The summed E-state index contributed by atoms with van der Waals surface area (Å²) >= 11 is 5.44. The average molecular weight is 160 g/mol. The van der Waals surface area contributed by atoms with Crippen LogP contribution in [0.3, 0.4) is 0 Å². The Morgan fingerprint density at radius 3 is 2.80 bits per heavy atom. The molecule has 5 N–H and O–H groups in total. The third-order valence-corrected chi connectivity index (χ3v) is 1.48. The second-order valence-corrected chi connectivity index (χ2v) is 2.58. The molecule has 1 aliphatic heterocycles. The number of rotatable bonds is 1. The molecule has 4 heteroatoms. The van der Waals surface area contributed by atoms with E-state index in [0.717, 1.165) is 18.5 Å². The summed E-state index contributed by atoms with van der Waals surface area (Å²) in [5.41, 5.74) is 11.8. The predicted molar refractivity (Wildman–Crippen MR) is 42.0 cm³/mol. The van der Waals surface area contributed by atoms with Gasteiger partial charge >= 0.3 is 0 Å². The van der Waals surface area contributed by atoms with E-state index in [1.54, 1.807) is 6.08 Å². The molecule has 1 aliphatic rings. The summed E-state index contributed by atoms with van der Waals surface area (Å²) in [6.45, 7) is 0.877. The highest BCUT2D eigenvalue weighted by Gasteiger charge is 2.07. The van der Waals surface area contributed by atoms with E-state index in [9.17, 15) is 0 Å². The molecule has 0 fully saturated rings. The molecule has 0 spiro atoms. The van der Waals surface area contributed by atoms with Crippen molar-refractivity contribution < 1.29 is 0 Å². The molecule has 0 atom stereocenters. The maximum atomic E-state index is 5.54. The third kappa shape index (κ3) is 1.57. The van der Waals surface area contributed by atoms with Crippen molar-refractivity contribution in [2.75, 3.05) is 6.54 Å². The summed E-state index contributed by atoms with van der Waals surface area (Å²) in [5, 5.41) is 3.25. The molecule has 1 heterocycles. The Labute approximate surface area is 64.7 Å². The fraction of sp³-hybridized carbons (Fsp3) is 0.333. The van der Waals surface area contributed by atoms with Crippen molar-refractivity contribution in [3.63, 3.8) is 0 Å². The van der Waals surface area contributed by atoms with Crippen LogP contribution in [0.4, 0.5) is 0 Å². The standard InChI is InChI=1S/C6H10ClN3/c7-5(8)3-4-1-2-10-6(4)9/h3,10H,1-2,8-9H2/b5-3-. The van der Waals surface area contributed by atoms with Crippen molar-refractivity contribution in [3.05, 3.63) is 22.6 Å². The van der Waals surface area contributed by atoms with Gasteiger partial charge in [0.05, 0.1) is 11.0 Å². The lowest BCUT2D eigenvalue weighted by atomic mass is 10.2. The molecular weight excluding hydrogens is 150 g/mol. The fourth-order valence-electron chi connectivity index (χ4n) is 0.896. The smallest absolute Gasteiger partial charge is 0.0995 e. The van der Waals surface area contributed by atoms with Crippen LogP contribution in [0.2, 0.25) is 0 Å². The van der Waals surface area contributed by atoms with Crippen LogP contribution in [0, 0.1) is 0 Å². The van der Waals surface area contributed by atoms with Gasteiger partial charge in [0.1, 0.15) is 0 Å². The molecule has 0 aromatic rings. The molecule has 10 heavy (non-hydrogen) atoms. The lowest BCUT2D eigenvalue weighted by Gasteiger charge is -1.94. The minimum absolute atomic E-state index is 0.279. The largest absolute Gasteiger partial charge is 0.389 e. The average Bonchev–Trinajstić information content (AvgIpc) is 2.15. The SMILES string of the molecule is NC1=C(/C=C(\N)Cl)CCN1. The summed E-state index contributed by atoms with van der Waals surface area (Å²) in [6, 6.07) is 0. The van der Waals surface area contributed by atoms with E-state index in [4.69, 9.17) is 23.1 Å². The summed E-state index contributed by atoms with van der Waals surface area (Å²) in [6.07, 6.45) is 2.58. The Balaban J connectivity index is 2.72. The molecule has 0 aromatic heterocycles. The van der Waals surface area contributed by atoms with Gasteiger partial charge in [-0.05, 0) is 18.1 Å². The van der Waals surface area contributed by atoms with Crippen molar-refractivity contribution in [3.8, 4) is 0 Å². The van der Waals surface area contributed by atoms with Gasteiger partial charge in [-0.1, -0.05) is 11.6 Å². The second-order valence-electron chi connectivity index (χ2n) is 2.14. The zero-order chi connectivity index (χ0) is 7.56. The summed E-state index contributed by atoms with van der Waals surface area (Å²) in [4.78, 5) is 0. The maximum Gasteiger partial charge on any atom is 0.0995 e. The van der Waals surface area contributed by atoms with Crippen LogP contribution in [0.15, 0.2) is 22.6 Å². The van der Waals surface area contributed by atoms with Crippen molar-refractivity contribution >= 4 is 11.6 Å². The summed E-state index contributed by atoms with van der Waals surface area (Å²) < 4.78 is 0. The third-order valence-electron chi connectivity index (χ3n) is 1.37. The number of hydrogen-bond donors (Lipinski definition) is 3. The maximum absolute atomic E-state index is 5.54. The van der Waals surface area contributed by atoms with Crippen molar-refractivity contribution in [2.24, 2.45) is 11.5 Å². The fourth-order valence-corrected chi connectivity index (χ4v) is 1.03. The van der Waals surface area contributed by atoms with E-state index in [1.165, 1.54) is 0 Å². The van der Waals surface area contributed by atoms with Crippen LogP contribution in [-0.4, -0.2) is 6.54 Å². The number of hydrogen-bond acceptors (Lipinski definition) is 3. The van der Waals surface area contributed by atoms with Crippen molar-refractivity contribution in [1.82, 2.24) is 5.32 Å². The van der Waals surface area contributed by atoms with Gasteiger partial charge in [0.15, 0.2) is 0 Å². The second kappa shape index (κ2) is 2.84. The van der Waals surface area contributed by atoms with E-state index in [1.807, 2.05) is 0 Å². The molecule has 0 radical (unpaired) electrons. The van der Waals surface area contributed by atoms with Crippen molar-refractivity contribution in [2.45, 2.75) is 6.42 Å². The Bertz CT molecular complexity index is 191. The molecule has 0 bridgehead atoms. The zero-order valence-electron chi connectivity index (χ0n) is 5.52. The molecule has 0 saturated heterocycles. The number of nitrogens with one attached hydrogen (secondary N) is 1. The van der Waals surface area contributed by atoms with Crippen LogP contribution >= 0.6 is 11.6 Å². The van der Waals surface area contributed by atoms with E-state index >= 15 is 0 Å². The highest BCUT2D eigenvalue weighted by molar-refractivity contribution is 6.29. The molecule has 56 valence electrons. The van der Waals surface area contributed by atoms with Gasteiger partial charge in [-0.25, -0.2) is 0 Å². The molecule has 0 aromatic carbocycles. The minimum atomic E-state index is 0.279. The Morgan fingerprint density at radius 1 is 1.70 bits per heavy atom. The number of halogens is 1. The quantitative estimate of drug-likeness (QED) is 0.479. The highest BCUT2D eigenvalue weighted by Crippen LogP contribution is 2.12. The molecular formula is C6H10ClN3. The van der Waals surface area contributed by atoms with Gasteiger partial charge in [0.25, 0.3) is 0 Å². The van der Waals surface area contributed by atoms with Gasteiger partial charge in [0, 0.05) is 6.54 Å². The van der Waals surface area contributed by atoms with Crippen LogP contribution < -0.4 is 16.8 Å². The first-order chi connectivity index (χ1) is 4.70. The first-order valence-electron chi connectivity index (χ1n) is 3.05. The molecule has 0 unspecified atom stereocenters.